The van der Waals surface area contributed by atoms with Crippen LogP contribution in [0, 0.1) is 11.8 Å². The number of anilines is 1. The maximum atomic E-state index is 11.1. The minimum Gasteiger partial charge on any atom is -0.398 e. The van der Waals surface area contributed by atoms with Gasteiger partial charge in [-0.3, -0.25) is 4.79 Å². The summed E-state index contributed by atoms with van der Waals surface area (Å²) in [7, 11) is 0. The number of nitrogen functional groups attached to an aromatic ring is 1. The van der Waals surface area contributed by atoms with Gasteiger partial charge in [0, 0.05) is 16.8 Å². The highest BCUT2D eigenvalue weighted by Crippen LogP contribution is 2.31. The van der Waals surface area contributed by atoms with Crippen molar-refractivity contribution in [2.24, 2.45) is 17.6 Å². The monoisotopic (exact) mass is 276 g/mol. The lowest BCUT2D eigenvalue weighted by Gasteiger charge is -2.31. The van der Waals surface area contributed by atoms with Crippen LogP contribution in [0.2, 0.25) is 0 Å². The zero-order chi connectivity index (χ0) is 14.7. The van der Waals surface area contributed by atoms with Crippen molar-refractivity contribution >= 4 is 11.6 Å². The summed E-state index contributed by atoms with van der Waals surface area (Å²) in [5.74, 6) is 0.982. The Balaban J connectivity index is 1.95. The van der Waals surface area contributed by atoms with Crippen molar-refractivity contribution in [2.75, 3.05) is 5.73 Å². The van der Waals surface area contributed by atoms with E-state index in [1.165, 1.54) is 6.42 Å². The van der Waals surface area contributed by atoms with Gasteiger partial charge in [0.2, 0.25) is 5.91 Å². The maximum Gasteiger partial charge on any atom is 0.248 e. The van der Waals surface area contributed by atoms with Crippen LogP contribution in [0.4, 0.5) is 5.69 Å². The second-order valence-electron chi connectivity index (χ2n) is 6.13. The largest absolute Gasteiger partial charge is 0.398 e. The van der Waals surface area contributed by atoms with Crippen LogP contribution in [-0.2, 0) is 11.3 Å². The van der Waals surface area contributed by atoms with E-state index in [1.807, 2.05) is 6.07 Å². The Morgan fingerprint density at radius 2 is 1.90 bits per heavy atom. The van der Waals surface area contributed by atoms with E-state index in [1.54, 1.807) is 12.1 Å². The van der Waals surface area contributed by atoms with E-state index in [2.05, 4.69) is 13.8 Å². The number of primary amides is 1. The van der Waals surface area contributed by atoms with Gasteiger partial charge in [0.25, 0.3) is 0 Å². The van der Waals surface area contributed by atoms with Gasteiger partial charge >= 0.3 is 0 Å². The molecule has 110 valence electrons. The third-order valence-corrected chi connectivity index (χ3v) is 4.04. The van der Waals surface area contributed by atoms with Crippen LogP contribution in [0.5, 0.6) is 0 Å². The Morgan fingerprint density at radius 1 is 1.25 bits per heavy atom. The molecular weight excluding hydrogens is 252 g/mol. The van der Waals surface area contributed by atoms with Crippen molar-refractivity contribution < 1.29 is 9.53 Å². The summed E-state index contributed by atoms with van der Waals surface area (Å²) in [6, 6.07) is 5.14. The first-order chi connectivity index (χ1) is 9.45. The van der Waals surface area contributed by atoms with Gasteiger partial charge in [0.15, 0.2) is 0 Å². The summed E-state index contributed by atoms with van der Waals surface area (Å²) < 4.78 is 5.99. The van der Waals surface area contributed by atoms with Crippen molar-refractivity contribution in [3.63, 3.8) is 0 Å². The molecule has 4 nitrogen and oxygen atoms in total. The van der Waals surface area contributed by atoms with Crippen molar-refractivity contribution in [3.8, 4) is 0 Å². The molecule has 1 aliphatic rings. The number of hydrogen-bond acceptors (Lipinski definition) is 3. The van der Waals surface area contributed by atoms with Crippen molar-refractivity contribution in [1.82, 2.24) is 0 Å². The lowest BCUT2D eigenvalue weighted by Crippen LogP contribution is -2.26. The van der Waals surface area contributed by atoms with Crippen LogP contribution < -0.4 is 11.5 Å². The average Bonchev–Trinajstić information content (AvgIpc) is 2.36. The molecule has 2 atom stereocenters. The predicted octanol–water partition coefficient (Wildman–Crippen LogP) is 2.71. The molecule has 1 aromatic carbocycles. The summed E-state index contributed by atoms with van der Waals surface area (Å²) in [6.07, 6.45) is 3.83. The molecule has 1 aliphatic carbocycles. The van der Waals surface area contributed by atoms with Crippen LogP contribution in [-0.4, -0.2) is 12.0 Å². The van der Waals surface area contributed by atoms with E-state index in [9.17, 15) is 4.79 Å². The number of ether oxygens (including phenoxy) is 1. The fourth-order valence-electron chi connectivity index (χ4n) is 3.10. The molecule has 0 radical (unpaired) electrons. The molecule has 4 N–H and O–H groups in total. The van der Waals surface area contributed by atoms with Gasteiger partial charge in [0.05, 0.1) is 12.7 Å². The van der Waals surface area contributed by atoms with Crippen LogP contribution in [0.15, 0.2) is 18.2 Å². The van der Waals surface area contributed by atoms with Crippen molar-refractivity contribution in [2.45, 2.75) is 45.8 Å². The summed E-state index contributed by atoms with van der Waals surface area (Å²) in [6.45, 7) is 5.05. The minimum atomic E-state index is -0.459. The van der Waals surface area contributed by atoms with Crippen LogP contribution >= 0.6 is 0 Å². The van der Waals surface area contributed by atoms with E-state index >= 15 is 0 Å². The highest BCUT2D eigenvalue weighted by Gasteiger charge is 2.24. The van der Waals surface area contributed by atoms with E-state index in [4.69, 9.17) is 16.2 Å². The number of amides is 1. The molecule has 20 heavy (non-hydrogen) atoms. The van der Waals surface area contributed by atoms with E-state index in [0.29, 0.717) is 24.0 Å². The number of carbonyl (C=O) groups is 1. The molecule has 1 aromatic rings. The number of benzene rings is 1. The lowest BCUT2D eigenvalue weighted by atomic mass is 9.82. The van der Waals surface area contributed by atoms with Gasteiger partial charge in [-0.05, 0) is 43.2 Å². The molecule has 0 bridgehead atoms. The van der Waals surface area contributed by atoms with Crippen molar-refractivity contribution in [1.29, 1.82) is 0 Å². The lowest BCUT2D eigenvalue weighted by molar-refractivity contribution is -0.00893. The second-order valence-corrected chi connectivity index (χ2v) is 6.13. The van der Waals surface area contributed by atoms with Crippen molar-refractivity contribution in [3.05, 3.63) is 29.3 Å². The highest BCUT2D eigenvalue weighted by atomic mass is 16.5. The Labute approximate surface area is 120 Å². The third-order valence-electron chi connectivity index (χ3n) is 4.04. The maximum absolute atomic E-state index is 11.1. The molecular formula is C16H24N2O2. The SMILES string of the molecule is CC1CC(C)CC(OCc2ccc(C(N)=O)cc2N)C1. The van der Waals surface area contributed by atoms with Gasteiger partial charge in [-0.15, -0.1) is 0 Å². The molecule has 0 aromatic heterocycles. The standard InChI is InChI=1S/C16H24N2O2/c1-10-5-11(2)7-14(6-10)20-9-13-4-3-12(16(18)19)8-15(13)17/h3-4,8,10-11,14H,5-7,9,17H2,1-2H3,(H2,18,19). The molecule has 1 saturated carbocycles. The predicted molar refractivity (Wildman–Crippen MR) is 80.1 cm³/mol. The first-order valence-corrected chi connectivity index (χ1v) is 7.25. The smallest absolute Gasteiger partial charge is 0.248 e. The fourth-order valence-corrected chi connectivity index (χ4v) is 3.10. The molecule has 0 heterocycles. The summed E-state index contributed by atoms with van der Waals surface area (Å²) in [5, 5.41) is 0. The van der Waals surface area contributed by atoms with E-state index in [-0.39, 0.29) is 0 Å². The minimum absolute atomic E-state index is 0.309. The van der Waals surface area contributed by atoms with Gasteiger partial charge < -0.3 is 16.2 Å². The molecule has 1 fully saturated rings. The molecule has 0 spiro atoms. The molecule has 2 rings (SSSR count). The van der Waals surface area contributed by atoms with Crippen LogP contribution in [0.25, 0.3) is 0 Å². The number of rotatable bonds is 4. The van der Waals surface area contributed by atoms with Gasteiger partial charge in [-0.25, -0.2) is 0 Å². The Morgan fingerprint density at radius 3 is 2.45 bits per heavy atom. The average molecular weight is 276 g/mol. The quantitative estimate of drug-likeness (QED) is 0.830. The Kier molecular flexibility index (Phi) is 4.65. The molecule has 0 saturated heterocycles. The number of hydrogen-bond donors (Lipinski definition) is 2. The highest BCUT2D eigenvalue weighted by molar-refractivity contribution is 5.93. The third kappa shape index (κ3) is 3.73. The van der Waals surface area contributed by atoms with Crippen LogP contribution in [0.1, 0.15) is 49.0 Å². The van der Waals surface area contributed by atoms with Crippen LogP contribution in [0.3, 0.4) is 0 Å². The fraction of sp³-hybridized carbons (Fsp3) is 0.562. The Hall–Kier alpha value is -1.55. The first-order valence-electron chi connectivity index (χ1n) is 7.25. The summed E-state index contributed by atoms with van der Waals surface area (Å²) in [5.41, 5.74) is 13.1. The molecule has 1 amide bonds. The van der Waals surface area contributed by atoms with E-state index in [0.717, 1.165) is 30.2 Å². The van der Waals surface area contributed by atoms with Gasteiger partial charge in [0.1, 0.15) is 0 Å². The van der Waals surface area contributed by atoms with Gasteiger partial charge in [-0.1, -0.05) is 19.9 Å². The van der Waals surface area contributed by atoms with Gasteiger partial charge in [-0.2, -0.15) is 0 Å². The number of carbonyl (C=O) groups excluding carboxylic acids is 1. The normalized spacial score (nSPS) is 26.4. The zero-order valence-corrected chi connectivity index (χ0v) is 12.3. The summed E-state index contributed by atoms with van der Waals surface area (Å²) >= 11 is 0. The second kappa shape index (κ2) is 6.27. The van der Waals surface area contributed by atoms with E-state index < -0.39 is 5.91 Å². The Bertz CT molecular complexity index is 477. The molecule has 0 aliphatic heterocycles. The number of nitrogens with two attached hydrogens (primary N) is 2. The topological polar surface area (TPSA) is 78.3 Å². The zero-order valence-electron chi connectivity index (χ0n) is 12.3. The summed E-state index contributed by atoms with van der Waals surface area (Å²) in [4.78, 5) is 11.1. The first kappa shape index (κ1) is 14.9. The molecule has 2 unspecified atom stereocenters. The molecule has 4 heteroatoms.